The SMILES string of the molecule is COc1ccc(N2CCN(CN3C(=O)N[C@@](C)(c4ccc5c(c4)OCCO5)C3=O)CC2)cc1. The van der Waals surface area contributed by atoms with Crippen molar-refractivity contribution in [3.05, 3.63) is 48.0 Å². The number of carbonyl (C=O) groups excluding carboxylic acids is 2. The van der Waals surface area contributed by atoms with E-state index in [1.54, 1.807) is 26.2 Å². The van der Waals surface area contributed by atoms with Crippen LogP contribution in [0.2, 0.25) is 0 Å². The van der Waals surface area contributed by atoms with Crippen molar-refractivity contribution in [3.63, 3.8) is 0 Å². The second kappa shape index (κ2) is 8.47. The molecule has 3 aliphatic heterocycles. The second-order valence-electron chi connectivity index (χ2n) is 8.59. The Balaban J connectivity index is 1.23. The minimum absolute atomic E-state index is 0.262. The monoisotopic (exact) mass is 452 g/mol. The molecule has 0 saturated carbocycles. The highest BCUT2D eigenvalue weighted by atomic mass is 16.6. The van der Waals surface area contributed by atoms with Crippen LogP contribution in [0.1, 0.15) is 12.5 Å². The quantitative estimate of drug-likeness (QED) is 0.695. The van der Waals surface area contributed by atoms with E-state index in [0.717, 1.165) is 37.6 Å². The van der Waals surface area contributed by atoms with Crippen LogP contribution in [0.15, 0.2) is 42.5 Å². The third kappa shape index (κ3) is 3.93. The summed E-state index contributed by atoms with van der Waals surface area (Å²) in [4.78, 5) is 31.8. The number of hydrogen-bond acceptors (Lipinski definition) is 7. The lowest BCUT2D eigenvalue weighted by Gasteiger charge is -2.37. The van der Waals surface area contributed by atoms with E-state index in [4.69, 9.17) is 14.2 Å². The predicted octanol–water partition coefficient (Wildman–Crippen LogP) is 2.01. The van der Waals surface area contributed by atoms with Gasteiger partial charge in [-0.25, -0.2) is 9.69 Å². The van der Waals surface area contributed by atoms with Crippen LogP contribution < -0.4 is 24.4 Å². The van der Waals surface area contributed by atoms with Gasteiger partial charge in [-0.1, -0.05) is 6.07 Å². The van der Waals surface area contributed by atoms with Crippen LogP contribution in [-0.2, 0) is 10.3 Å². The Hall–Kier alpha value is -3.46. The molecule has 0 radical (unpaired) electrons. The van der Waals surface area contributed by atoms with Gasteiger partial charge in [0.2, 0.25) is 0 Å². The van der Waals surface area contributed by atoms with Crippen molar-refractivity contribution in [3.8, 4) is 17.2 Å². The van der Waals surface area contributed by atoms with Gasteiger partial charge in [-0.3, -0.25) is 9.69 Å². The average Bonchev–Trinajstić information content (AvgIpc) is 3.08. The number of amides is 3. The molecule has 9 nitrogen and oxygen atoms in total. The molecule has 2 aromatic carbocycles. The molecule has 3 heterocycles. The number of rotatable bonds is 5. The van der Waals surface area contributed by atoms with Gasteiger partial charge in [0.15, 0.2) is 11.5 Å². The van der Waals surface area contributed by atoms with Crippen molar-refractivity contribution < 1.29 is 23.8 Å². The first-order valence-corrected chi connectivity index (χ1v) is 11.1. The Morgan fingerprint density at radius 3 is 2.36 bits per heavy atom. The molecule has 1 atom stereocenters. The number of anilines is 1. The number of fused-ring (bicyclic) bond motifs is 1. The number of nitrogens with one attached hydrogen (secondary N) is 1. The second-order valence-corrected chi connectivity index (χ2v) is 8.59. The molecule has 0 unspecified atom stereocenters. The van der Waals surface area contributed by atoms with Gasteiger partial charge in [-0.15, -0.1) is 0 Å². The maximum Gasteiger partial charge on any atom is 0.326 e. The molecule has 33 heavy (non-hydrogen) atoms. The number of methoxy groups -OCH3 is 1. The molecule has 5 rings (SSSR count). The Morgan fingerprint density at radius 2 is 1.67 bits per heavy atom. The Morgan fingerprint density at radius 1 is 0.970 bits per heavy atom. The van der Waals surface area contributed by atoms with E-state index in [1.807, 2.05) is 30.3 Å². The average molecular weight is 453 g/mol. The number of carbonyl (C=O) groups is 2. The smallest absolute Gasteiger partial charge is 0.326 e. The van der Waals surface area contributed by atoms with E-state index < -0.39 is 5.54 Å². The van der Waals surface area contributed by atoms with E-state index in [1.165, 1.54) is 4.90 Å². The molecule has 0 spiro atoms. The number of piperazine rings is 1. The molecule has 0 aliphatic carbocycles. The largest absolute Gasteiger partial charge is 0.497 e. The number of hydrogen-bond donors (Lipinski definition) is 1. The Kier molecular flexibility index (Phi) is 5.49. The van der Waals surface area contributed by atoms with Crippen molar-refractivity contribution in [2.24, 2.45) is 0 Å². The third-order valence-electron chi connectivity index (χ3n) is 6.55. The summed E-state index contributed by atoms with van der Waals surface area (Å²) >= 11 is 0. The molecule has 174 valence electrons. The molecule has 0 aromatic heterocycles. The van der Waals surface area contributed by atoms with Gasteiger partial charge in [0.1, 0.15) is 24.5 Å². The topological polar surface area (TPSA) is 83.6 Å². The summed E-state index contributed by atoms with van der Waals surface area (Å²) in [5.41, 5.74) is 0.672. The highest BCUT2D eigenvalue weighted by Gasteiger charge is 2.49. The van der Waals surface area contributed by atoms with Gasteiger partial charge in [-0.05, 0) is 48.9 Å². The first-order chi connectivity index (χ1) is 16.0. The Bertz CT molecular complexity index is 1050. The summed E-state index contributed by atoms with van der Waals surface area (Å²) < 4.78 is 16.5. The zero-order chi connectivity index (χ0) is 23.0. The number of imide groups is 1. The van der Waals surface area contributed by atoms with Gasteiger partial charge in [-0.2, -0.15) is 0 Å². The van der Waals surface area contributed by atoms with Crippen LogP contribution in [0.25, 0.3) is 0 Å². The zero-order valence-corrected chi connectivity index (χ0v) is 18.9. The molecule has 2 saturated heterocycles. The molecule has 1 N–H and O–H groups in total. The van der Waals surface area contributed by atoms with Crippen LogP contribution in [0.5, 0.6) is 17.2 Å². The maximum atomic E-state index is 13.3. The highest BCUT2D eigenvalue weighted by Crippen LogP contribution is 2.37. The lowest BCUT2D eigenvalue weighted by Crippen LogP contribution is -2.51. The summed E-state index contributed by atoms with van der Waals surface area (Å²) in [7, 11) is 1.66. The van der Waals surface area contributed by atoms with Crippen molar-refractivity contribution in [1.29, 1.82) is 0 Å². The van der Waals surface area contributed by atoms with Crippen molar-refractivity contribution in [2.45, 2.75) is 12.5 Å². The standard InChI is InChI=1S/C24H28N4O5/c1-24(17-3-8-20-21(15-17)33-14-13-32-20)22(29)28(23(30)25-24)16-26-9-11-27(12-10-26)18-4-6-19(31-2)7-5-18/h3-8,15H,9-14,16H2,1-2H3,(H,25,30)/t24-/m0/s1. The van der Waals surface area contributed by atoms with E-state index in [0.29, 0.717) is 30.3 Å². The van der Waals surface area contributed by atoms with Gasteiger partial charge >= 0.3 is 6.03 Å². The van der Waals surface area contributed by atoms with Crippen LogP contribution >= 0.6 is 0 Å². The van der Waals surface area contributed by atoms with Crippen molar-refractivity contribution in [1.82, 2.24) is 15.1 Å². The van der Waals surface area contributed by atoms with E-state index in [2.05, 4.69) is 15.1 Å². The molecule has 2 fully saturated rings. The fourth-order valence-corrected chi connectivity index (χ4v) is 4.52. The number of ether oxygens (including phenoxy) is 3. The molecule has 3 aliphatic rings. The fourth-order valence-electron chi connectivity index (χ4n) is 4.52. The Labute approximate surface area is 192 Å². The first-order valence-electron chi connectivity index (χ1n) is 11.1. The van der Waals surface area contributed by atoms with Gasteiger partial charge in [0, 0.05) is 31.9 Å². The first kappa shape index (κ1) is 21.4. The molecule has 3 amide bonds. The van der Waals surface area contributed by atoms with Gasteiger partial charge in [0.25, 0.3) is 5.91 Å². The molecular weight excluding hydrogens is 424 g/mol. The van der Waals surface area contributed by atoms with E-state index in [-0.39, 0.29) is 18.6 Å². The fraction of sp³-hybridized carbons (Fsp3) is 0.417. The van der Waals surface area contributed by atoms with Crippen molar-refractivity contribution >= 4 is 17.6 Å². The molecule has 0 bridgehead atoms. The lowest BCUT2D eigenvalue weighted by atomic mass is 9.91. The highest BCUT2D eigenvalue weighted by molar-refractivity contribution is 6.07. The van der Waals surface area contributed by atoms with Crippen molar-refractivity contribution in [2.75, 3.05) is 58.1 Å². The lowest BCUT2D eigenvalue weighted by molar-refractivity contribution is -0.132. The summed E-state index contributed by atoms with van der Waals surface area (Å²) in [6, 6.07) is 13.0. The maximum absolute atomic E-state index is 13.3. The number of nitrogens with zero attached hydrogens (tertiary/aromatic N) is 3. The van der Waals surface area contributed by atoms with E-state index >= 15 is 0 Å². The molecular formula is C24H28N4O5. The number of urea groups is 1. The summed E-state index contributed by atoms with van der Waals surface area (Å²) in [6.07, 6.45) is 0. The van der Waals surface area contributed by atoms with Gasteiger partial charge in [0.05, 0.1) is 13.8 Å². The number of benzene rings is 2. The molecule has 2 aromatic rings. The predicted molar refractivity (Wildman–Crippen MR) is 122 cm³/mol. The van der Waals surface area contributed by atoms with Crippen LogP contribution in [0.4, 0.5) is 10.5 Å². The van der Waals surface area contributed by atoms with E-state index in [9.17, 15) is 9.59 Å². The summed E-state index contributed by atoms with van der Waals surface area (Å²) in [5.74, 6) is 1.81. The van der Waals surface area contributed by atoms with Gasteiger partial charge < -0.3 is 24.4 Å². The minimum atomic E-state index is -1.14. The van der Waals surface area contributed by atoms with Crippen LogP contribution in [0.3, 0.4) is 0 Å². The molecule has 9 heteroatoms. The third-order valence-corrected chi connectivity index (χ3v) is 6.55. The summed E-state index contributed by atoms with van der Waals surface area (Å²) in [6.45, 7) is 6.10. The zero-order valence-electron chi connectivity index (χ0n) is 18.9. The minimum Gasteiger partial charge on any atom is -0.497 e. The van der Waals surface area contributed by atoms with Crippen LogP contribution in [0, 0.1) is 0 Å². The normalized spacial score (nSPS) is 23.0. The summed E-state index contributed by atoms with van der Waals surface area (Å²) in [5, 5.41) is 2.88. The van der Waals surface area contributed by atoms with Crippen LogP contribution in [-0.4, -0.2) is 74.9 Å².